The van der Waals surface area contributed by atoms with Gasteiger partial charge in [0.2, 0.25) is 0 Å². The van der Waals surface area contributed by atoms with E-state index in [1.807, 2.05) is 0 Å². The summed E-state index contributed by atoms with van der Waals surface area (Å²) in [4.78, 5) is 61.9. The lowest BCUT2D eigenvalue weighted by molar-refractivity contribution is -0.311. The summed E-state index contributed by atoms with van der Waals surface area (Å²) in [6.45, 7) is 5.73. The van der Waals surface area contributed by atoms with E-state index in [-0.39, 0.29) is 0 Å². The molecule has 134 valence electrons. The van der Waals surface area contributed by atoms with E-state index in [4.69, 9.17) is 9.78 Å². The van der Waals surface area contributed by atoms with E-state index in [0.717, 1.165) is 14.2 Å². The Morgan fingerprint density at radius 3 is 1.17 bits per heavy atom. The first-order chi connectivity index (χ1) is 10.9. The third-order valence-corrected chi connectivity index (χ3v) is 2.02. The summed E-state index contributed by atoms with van der Waals surface area (Å²) in [6, 6.07) is 0. The Balaban J connectivity index is 4.68. The van der Waals surface area contributed by atoms with Gasteiger partial charge in [-0.15, -0.1) is 0 Å². The van der Waals surface area contributed by atoms with Crippen molar-refractivity contribution in [1.82, 2.24) is 0 Å². The molecule has 0 atom stereocenters. The molecular weight excluding hydrogens is 328 g/mol. The van der Waals surface area contributed by atoms with Gasteiger partial charge in [0.1, 0.15) is 0 Å². The summed E-state index contributed by atoms with van der Waals surface area (Å²) in [5.74, 6) is -0.0924. The average Bonchev–Trinajstić information content (AvgIpc) is 2.54. The molecule has 0 saturated heterocycles. The van der Waals surface area contributed by atoms with Crippen LogP contribution in [0.3, 0.4) is 0 Å². The van der Waals surface area contributed by atoms with Crippen LogP contribution in [0, 0.1) is 11.8 Å². The van der Waals surface area contributed by atoms with Gasteiger partial charge in [0.05, 0.1) is 14.2 Å². The van der Waals surface area contributed by atoms with Crippen molar-refractivity contribution >= 4 is 23.9 Å². The molecule has 0 aromatic rings. The molecule has 0 radical (unpaired) electrons. The first-order valence-corrected chi connectivity index (χ1v) is 6.44. The molecule has 0 aliphatic carbocycles. The van der Waals surface area contributed by atoms with Crippen molar-refractivity contribution in [2.75, 3.05) is 14.2 Å². The maximum absolute atomic E-state index is 11.1. The van der Waals surface area contributed by atoms with Crippen LogP contribution in [-0.2, 0) is 48.2 Å². The van der Waals surface area contributed by atoms with E-state index >= 15 is 0 Å². The lowest BCUT2D eigenvalue weighted by atomic mass is 10.1. The summed E-state index contributed by atoms with van der Waals surface area (Å²) < 4.78 is 8.28. The molecule has 0 saturated carbocycles. The van der Waals surface area contributed by atoms with Crippen molar-refractivity contribution in [2.45, 2.75) is 38.9 Å². The number of hydrogen-bond donors (Lipinski definition) is 0. The zero-order valence-corrected chi connectivity index (χ0v) is 14.1. The third-order valence-electron chi connectivity index (χ3n) is 2.02. The number of carbonyl (C=O) groups is 4. The fourth-order valence-corrected chi connectivity index (χ4v) is 0.861. The van der Waals surface area contributed by atoms with Gasteiger partial charge in [0.15, 0.2) is 11.2 Å². The second kappa shape index (κ2) is 8.85. The van der Waals surface area contributed by atoms with Crippen molar-refractivity contribution in [3.63, 3.8) is 0 Å². The molecule has 10 heteroatoms. The van der Waals surface area contributed by atoms with Crippen molar-refractivity contribution in [1.29, 1.82) is 0 Å². The van der Waals surface area contributed by atoms with E-state index in [1.165, 1.54) is 27.7 Å². The number of esters is 2. The Hall–Kier alpha value is -2.64. The van der Waals surface area contributed by atoms with E-state index < -0.39 is 35.1 Å². The van der Waals surface area contributed by atoms with Gasteiger partial charge in [0, 0.05) is 0 Å². The smallest absolute Gasteiger partial charge is 0.449 e. The fraction of sp³-hybridized carbons (Fsp3) is 0.571. The Morgan fingerprint density at radius 2 is 0.917 bits per heavy atom. The zero-order chi connectivity index (χ0) is 19.0. The molecule has 0 aliphatic heterocycles. The maximum Gasteiger partial charge on any atom is 0.449 e. The summed E-state index contributed by atoms with van der Waals surface area (Å²) in [5.41, 5.74) is -2.65. The molecule has 0 N–H and O–H groups in total. The van der Waals surface area contributed by atoms with Crippen molar-refractivity contribution in [3.8, 4) is 11.8 Å². The first-order valence-electron chi connectivity index (χ1n) is 6.44. The van der Waals surface area contributed by atoms with E-state index in [2.05, 4.69) is 31.1 Å². The fourth-order valence-electron chi connectivity index (χ4n) is 0.861. The standard InChI is InChI=1S/C14H18O10/c1-13(2,23-21-11(17)9(15)19-5)7-8-14(3,4)24-22-12(18)10(16)20-6/h1-6H3. The quantitative estimate of drug-likeness (QED) is 0.223. The molecule has 24 heavy (non-hydrogen) atoms. The third kappa shape index (κ3) is 8.11. The van der Waals surface area contributed by atoms with Gasteiger partial charge >= 0.3 is 23.9 Å². The number of methoxy groups -OCH3 is 2. The molecule has 0 spiro atoms. The van der Waals surface area contributed by atoms with Crippen LogP contribution >= 0.6 is 0 Å². The molecule has 0 bridgehead atoms. The van der Waals surface area contributed by atoms with Crippen LogP contribution in [0.5, 0.6) is 0 Å². The lowest BCUT2D eigenvalue weighted by Gasteiger charge is -2.19. The molecule has 0 rings (SSSR count). The Bertz CT molecular complexity index is 516. The topological polar surface area (TPSA) is 124 Å². The predicted octanol–water partition coefficient (Wildman–Crippen LogP) is -0.157. The number of hydrogen-bond acceptors (Lipinski definition) is 10. The second-order valence-corrected chi connectivity index (χ2v) is 5.16. The van der Waals surface area contributed by atoms with Crippen LogP contribution in [0.25, 0.3) is 0 Å². The average molecular weight is 346 g/mol. The van der Waals surface area contributed by atoms with Crippen LogP contribution in [0.15, 0.2) is 0 Å². The van der Waals surface area contributed by atoms with E-state index in [1.54, 1.807) is 0 Å². The van der Waals surface area contributed by atoms with Crippen LogP contribution < -0.4 is 0 Å². The molecule has 0 amide bonds. The molecule has 0 aromatic carbocycles. The highest BCUT2D eigenvalue weighted by Gasteiger charge is 2.27. The van der Waals surface area contributed by atoms with Gasteiger partial charge in [-0.1, -0.05) is 11.8 Å². The molecule has 0 unspecified atom stereocenters. The van der Waals surface area contributed by atoms with Gasteiger partial charge in [-0.3, -0.25) is 9.78 Å². The van der Waals surface area contributed by atoms with Crippen LogP contribution in [0.4, 0.5) is 0 Å². The minimum absolute atomic E-state index is 1.00. The maximum atomic E-state index is 11.1. The first kappa shape index (κ1) is 21.4. The van der Waals surface area contributed by atoms with Gasteiger partial charge in [0.25, 0.3) is 0 Å². The highest BCUT2D eigenvalue weighted by molar-refractivity contribution is 6.29. The Morgan fingerprint density at radius 1 is 0.625 bits per heavy atom. The van der Waals surface area contributed by atoms with Gasteiger partial charge in [-0.2, -0.15) is 9.78 Å². The van der Waals surface area contributed by atoms with Crippen LogP contribution in [-0.4, -0.2) is 49.3 Å². The number of ether oxygens (including phenoxy) is 2. The summed E-state index contributed by atoms with van der Waals surface area (Å²) >= 11 is 0. The molecule has 10 nitrogen and oxygen atoms in total. The molecular formula is C14H18O10. The predicted molar refractivity (Wildman–Crippen MR) is 74.3 cm³/mol. The van der Waals surface area contributed by atoms with E-state index in [9.17, 15) is 19.2 Å². The minimum Gasteiger partial charge on any atom is -0.461 e. The van der Waals surface area contributed by atoms with E-state index in [0.29, 0.717) is 0 Å². The molecule has 0 aliphatic rings. The largest absolute Gasteiger partial charge is 0.461 e. The number of carbonyl (C=O) groups excluding carboxylic acids is 4. The normalized spacial score (nSPS) is 10.8. The zero-order valence-electron chi connectivity index (χ0n) is 14.1. The van der Waals surface area contributed by atoms with Gasteiger partial charge < -0.3 is 9.47 Å². The Labute approximate surface area is 138 Å². The SMILES string of the molecule is COC(=O)C(=O)OOC(C)(C)C#CC(C)(C)OOC(=O)C(=O)OC. The van der Waals surface area contributed by atoms with Crippen molar-refractivity contribution in [2.24, 2.45) is 0 Å². The lowest BCUT2D eigenvalue weighted by Crippen LogP contribution is -2.30. The molecule has 0 heterocycles. The van der Waals surface area contributed by atoms with Gasteiger partial charge in [-0.25, -0.2) is 19.2 Å². The minimum atomic E-state index is -1.35. The second-order valence-electron chi connectivity index (χ2n) is 5.16. The monoisotopic (exact) mass is 346 g/mol. The highest BCUT2D eigenvalue weighted by Crippen LogP contribution is 2.13. The van der Waals surface area contributed by atoms with Crippen LogP contribution in [0.2, 0.25) is 0 Å². The highest BCUT2D eigenvalue weighted by atomic mass is 17.2. The van der Waals surface area contributed by atoms with Crippen molar-refractivity contribution in [3.05, 3.63) is 0 Å². The van der Waals surface area contributed by atoms with Gasteiger partial charge in [-0.05, 0) is 27.7 Å². The Kier molecular flexibility index (Phi) is 7.88. The summed E-state index contributed by atoms with van der Waals surface area (Å²) in [5, 5.41) is 0. The summed E-state index contributed by atoms with van der Waals surface area (Å²) in [7, 11) is 2.01. The number of rotatable bonds is 4. The van der Waals surface area contributed by atoms with Crippen molar-refractivity contribution < 1.29 is 48.2 Å². The molecule has 0 aromatic heterocycles. The molecule has 0 fully saturated rings. The van der Waals surface area contributed by atoms with Crippen LogP contribution in [0.1, 0.15) is 27.7 Å². The summed E-state index contributed by atoms with van der Waals surface area (Å²) in [6.07, 6.45) is 0.